The van der Waals surface area contributed by atoms with E-state index in [1.165, 1.54) is 0 Å². The zero-order chi connectivity index (χ0) is 10.4. The van der Waals surface area contributed by atoms with E-state index in [-0.39, 0.29) is 5.91 Å². The van der Waals surface area contributed by atoms with Gasteiger partial charge in [-0.15, -0.1) is 0 Å². The molecule has 14 heavy (non-hydrogen) atoms. The summed E-state index contributed by atoms with van der Waals surface area (Å²) in [6.07, 6.45) is 0.535. The number of nitrogens with one attached hydrogen (secondary N) is 1. The minimum Gasteiger partial charge on any atom is -0.345 e. The van der Waals surface area contributed by atoms with Crippen molar-refractivity contribution in [3.63, 3.8) is 0 Å². The van der Waals surface area contributed by atoms with Gasteiger partial charge in [-0.1, -0.05) is 5.16 Å². The van der Waals surface area contributed by atoms with Crippen LogP contribution < -0.4 is 5.32 Å². The lowest BCUT2D eigenvalue weighted by Gasteiger charge is -1.95. The maximum absolute atomic E-state index is 10.9. The average Bonchev–Trinajstić information content (AvgIpc) is 2.52. The molecular formula is C8H8BrN3O2. The molecule has 0 bridgehead atoms. The Bertz CT molecular complexity index is 377. The Hall–Kier alpha value is -1.35. The van der Waals surface area contributed by atoms with Crippen LogP contribution in [0, 0.1) is 17.7 Å². The highest BCUT2D eigenvalue weighted by atomic mass is 79.9. The van der Waals surface area contributed by atoms with Crippen molar-refractivity contribution in [3.05, 3.63) is 11.7 Å². The molecule has 0 unspecified atom stereocenters. The van der Waals surface area contributed by atoms with Gasteiger partial charge in [0, 0.05) is 41.7 Å². The number of aryl methyl sites for hydroxylation is 1. The molecule has 0 fully saturated rings. The summed E-state index contributed by atoms with van der Waals surface area (Å²) >= 11 is 2.83. The number of halogens is 1. The maximum atomic E-state index is 10.9. The van der Waals surface area contributed by atoms with Crippen molar-refractivity contribution in [1.29, 1.82) is 0 Å². The number of aromatic nitrogens is 2. The van der Waals surface area contributed by atoms with Crippen molar-refractivity contribution in [1.82, 2.24) is 15.5 Å². The first kappa shape index (κ1) is 10.7. The van der Waals surface area contributed by atoms with Gasteiger partial charge in [0.2, 0.25) is 5.89 Å². The van der Waals surface area contributed by atoms with Gasteiger partial charge in [0.25, 0.3) is 5.91 Å². The van der Waals surface area contributed by atoms with Gasteiger partial charge in [-0.25, -0.2) is 0 Å². The van der Waals surface area contributed by atoms with Crippen LogP contribution in [0.5, 0.6) is 0 Å². The quantitative estimate of drug-likeness (QED) is 0.796. The fourth-order valence-electron chi connectivity index (χ4n) is 0.818. The second-order valence-corrected chi connectivity index (χ2v) is 2.85. The number of carbonyl (C=O) groups is 1. The Morgan fingerprint density at radius 3 is 3.07 bits per heavy atom. The highest BCUT2D eigenvalue weighted by Crippen LogP contribution is 1.94. The van der Waals surface area contributed by atoms with Crippen LogP contribution in [-0.4, -0.2) is 22.6 Å². The zero-order valence-corrected chi connectivity index (χ0v) is 9.09. The molecule has 0 aliphatic carbocycles. The molecule has 74 valence electrons. The predicted molar refractivity (Wildman–Crippen MR) is 52.5 cm³/mol. The SMILES string of the molecule is Cc1nc(CCNC(=O)C#CBr)no1. The molecule has 0 spiro atoms. The Kier molecular flexibility index (Phi) is 4.13. The van der Waals surface area contributed by atoms with Crippen molar-refractivity contribution >= 4 is 21.8 Å². The normalized spacial score (nSPS) is 9.00. The first-order chi connectivity index (χ1) is 6.72. The number of amides is 1. The molecule has 0 aliphatic rings. The average molecular weight is 258 g/mol. The third-order valence-electron chi connectivity index (χ3n) is 1.36. The van der Waals surface area contributed by atoms with Gasteiger partial charge in [-0.2, -0.15) is 4.98 Å². The first-order valence-corrected chi connectivity index (χ1v) is 4.70. The molecule has 0 aliphatic heterocycles. The van der Waals surface area contributed by atoms with E-state index in [1.807, 2.05) is 0 Å². The second kappa shape index (κ2) is 5.40. The van der Waals surface area contributed by atoms with Gasteiger partial charge < -0.3 is 9.84 Å². The summed E-state index contributed by atoms with van der Waals surface area (Å²) in [7, 11) is 0. The molecule has 6 heteroatoms. The minimum absolute atomic E-state index is 0.331. The molecule has 0 aromatic carbocycles. The number of carbonyl (C=O) groups excluding carboxylic acids is 1. The van der Waals surface area contributed by atoms with Crippen LogP contribution in [0.3, 0.4) is 0 Å². The predicted octanol–water partition coefficient (Wildman–Crippen LogP) is 0.393. The van der Waals surface area contributed by atoms with Crippen LogP contribution in [0.1, 0.15) is 11.7 Å². The highest BCUT2D eigenvalue weighted by Gasteiger charge is 2.02. The fraction of sp³-hybridized carbons (Fsp3) is 0.375. The van der Waals surface area contributed by atoms with Crippen LogP contribution in [0.2, 0.25) is 0 Å². The lowest BCUT2D eigenvalue weighted by Crippen LogP contribution is -2.24. The van der Waals surface area contributed by atoms with E-state index in [2.05, 4.69) is 42.1 Å². The Labute approximate surface area is 89.4 Å². The molecule has 1 aromatic rings. The lowest BCUT2D eigenvalue weighted by atomic mass is 10.4. The molecule has 1 amide bonds. The number of nitrogens with zero attached hydrogens (tertiary/aromatic N) is 2. The molecule has 1 rings (SSSR count). The van der Waals surface area contributed by atoms with E-state index in [4.69, 9.17) is 4.52 Å². The van der Waals surface area contributed by atoms with Crippen LogP contribution in [-0.2, 0) is 11.2 Å². The summed E-state index contributed by atoms with van der Waals surface area (Å²) in [5.41, 5.74) is 0. The Morgan fingerprint density at radius 1 is 1.71 bits per heavy atom. The Morgan fingerprint density at radius 2 is 2.50 bits per heavy atom. The summed E-state index contributed by atoms with van der Waals surface area (Å²) in [5.74, 6) is 3.06. The summed E-state index contributed by atoms with van der Waals surface area (Å²) in [6.45, 7) is 2.16. The van der Waals surface area contributed by atoms with Crippen molar-refractivity contribution in [2.75, 3.05) is 6.54 Å². The number of hydrogen-bond acceptors (Lipinski definition) is 4. The molecule has 0 saturated carbocycles. The van der Waals surface area contributed by atoms with Gasteiger partial charge in [0.05, 0.1) is 0 Å². The van der Waals surface area contributed by atoms with E-state index in [0.717, 1.165) is 0 Å². The molecule has 0 atom stereocenters. The van der Waals surface area contributed by atoms with E-state index in [9.17, 15) is 4.79 Å². The highest BCUT2D eigenvalue weighted by molar-refractivity contribution is 9.12. The third kappa shape index (κ3) is 3.58. The molecule has 1 aromatic heterocycles. The monoisotopic (exact) mass is 257 g/mol. The summed E-state index contributed by atoms with van der Waals surface area (Å²) in [4.78, 5) is 17.2. The van der Waals surface area contributed by atoms with Gasteiger partial charge in [0.1, 0.15) is 0 Å². The lowest BCUT2D eigenvalue weighted by molar-refractivity contribution is -0.115. The van der Waals surface area contributed by atoms with Crippen molar-refractivity contribution in [2.24, 2.45) is 0 Å². The summed E-state index contributed by atoms with van der Waals surface area (Å²) < 4.78 is 4.76. The molecular weight excluding hydrogens is 250 g/mol. The number of rotatable bonds is 3. The van der Waals surface area contributed by atoms with E-state index < -0.39 is 0 Å². The molecule has 0 radical (unpaired) electrons. The van der Waals surface area contributed by atoms with Crippen LogP contribution in [0.25, 0.3) is 0 Å². The third-order valence-corrected chi connectivity index (χ3v) is 1.56. The van der Waals surface area contributed by atoms with Crippen LogP contribution in [0.4, 0.5) is 0 Å². The van der Waals surface area contributed by atoms with Crippen molar-refractivity contribution in [2.45, 2.75) is 13.3 Å². The number of hydrogen-bond donors (Lipinski definition) is 1. The van der Waals surface area contributed by atoms with Crippen LogP contribution >= 0.6 is 15.9 Å². The first-order valence-electron chi connectivity index (χ1n) is 3.91. The smallest absolute Gasteiger partial charge is 0.296 e. The summed E-state index contributed by atoms with van der Waals surface area (Å²) in [5, 5.41) is 6.25. The second-order valence-electron chi connectivity index (χ2n) is 2.46. The van der Waals surface area contributed by atoms with Gasteiger partial charge in [0.15, 0.2) is 5.82 Å². The van der Waals surface area contributed by atoms with Crippen molar-refractivity contribution in [3.8, 4) is 10.8 Å². The largest absolute Gasteiger partial charge is 0.345 e. The van der Waals surface area contributed by atoms with Gasteiger partial charge >= 0.3 is 0 Å². The Balaban J connectivity index is 2.27. The van der Waals surface area contributed by atoms with E-state index in [0.29, 0.717) is 24.7 Å². The van der Waals surface area contributed by atoms with Gasteiger partial charge in [-0.3, -0.25) is 4.79 Å². The topological polar surface area (TPSA) is 68.0 Å². The zero-order valence-electron chi connectivity index (χ0n) is 7.50. The van der Waals surface area contributed by atoms with Gasteiger partial charge in [-0.05, 0) is 4.83 Å². The molecule has 1 N–H and O–H groups in total. The van der Waals surface area contributed by atoms with E-state index >= 15 is 0 Å². The van der Waals surface area contributed by atoms with E-state index in [1.54, 1.807) is 6.92 Å². The van der Waals surface area contributed by atoms with Crippen LogP contribution in [0.15, 0.2) is 4.52 Å². The molecule has 5 nitrogen and oxygen atoms in total. The minimum atomic E-state index is -0.331. The standard InChI is InChI=1S/C8H8BrN3O2/c1-6-11-7(12-14-6)3-5-10-8(13)2-4-9/h3,5H2,1H3,(H,10,13). The molecule has 1 heterocycles. The fourth-order valence-corrected chi connectivity index (χ4v) is 0.998. The maximum Gasteiger partial charge on any atom is 0.296 e. The summed E-state index contributed by atoms with van der Waals surface area (Å²) in [6, 6.07) is 0. The van der Waals surface area contributed by atoms with Crippen molar-refractivity contribution < 1.29 is 9.32 Å². The molecule has 0 saturated heterocycles.